The summed E-state index contributed by atoms with van der Waals surface area (Å²) in [7, 11) is 0. The van der Waals surface area contributed by atoms with Crippen LogP contribution in [0.4, 0.5) is 0 Å². The van der Waals surface area contributed by atoms with E-state index in [1.165, 1.54) is 0 Å². The minimum atomic E-state index is -0.868. The molecule has 2 N–H and O–H groups in total. The maximum atomic E-state index is 10.5. The van der Waals surface area contributed by atoms with Crippen LogP contribution in [0, 0.1) is 5.41 Å². The summed E-state index contributed by atoms with van der Waals surface area (Å²) < 4.78 is 0. The molecule has 5 heteroatoms. The van der Waals surface area contributed by atoms with E-state index in [9.17, 15) is 4.79 Å². The summed E-state index contributed by atoms with van der Waals surface area (Å²) in [6.07, 6.45) is 0.00970. The quantitative estimate of drug-likeness (QED) is 0.416. The second kappa shape index (κ2) is 6.17. The normalized spacial score (nSPS) is 9.81. The van der Waals surface area contributed by atoms with Crippen molar-refractivity contribution in [1.82, 2.24) is 4.90 Å². The number of thiol groups is 1. The zero-order valence-electron chi connectivity index (χ0n) is 8.76. The Morgan fingerprint density at radius 3 is 2.50 bits per heavy atom. The van der Waals surface area contributed by atoms with E-state index in [1.807, 2.05) is 30.3 Å². The Hall–Kier alpha value is -1.49. The van der Waals surface area contributed by atoms with E-state index < -0.39 is 5.97 Å². The molecule has 0 heterocycles. The van der Waals surface area contributed by atoms with Gasteiger partial charge in [0.15, 0.2) is 5.17 Å². The Morgan fingerprint density at radius 2 is 2.00 bits per heavy atom. The first-order chi connectivity index (χ1) is 7.59. The van der Waals surface area contributed by atoms with Gasteiger partial charge in [-0.2, -0.15) is 0 Å². The second-order valence-corrected chi connectivity index (χ2v) is 3.80. The van der Waals surface area contributed by atoms with Gasteiger partial charge in [-0.15, -0.1) is 12.6 Å². The fraction of sp³-hybridized carbons (Fsp3) is 0.273. The zero-order chi connectivity index (χ0) is 12.0. The Balaban J connectivity index is 2.58. The van der Waals surface area contributed by atoms with Crippen molar-refractivity contribution in [1.29, 1.82) is 5.41 Å². The molecule has 0 spiro atoms. The lowest BCUT2D eigenvalue weighted by atomic mass is 10.2. The molecule has 1 aromatic carbocycles. The lowest BCUT2D eigenvalue weighted by Gasteiger charge is -2.21. The van der Waals surface area contributed by atoms with Crippen LogP contribution in [-0.2, 0) is 11.3 Å². The van der Waals surface area contributed by atoms with Gasteiger partial charge in [0.25, 0.3) is 0 Å². The van der Waals surface area contributed by atoms with Gasteiger partial charge in [0.05, 0.1) is 6.42 Å². The molecule has 0 aliphatic carbocycles. The van der Waals surface area contributed by atoms with Gasteiger partial charge in [-0.25, -0.2) is 0 Å². The molecule has 0 amide bonds. The van der Waals surface area contributed by atoms with Crippen molar-refractivity contribution in [2.45, 2.75) is 13.0 Å². The fourth-order valence-corrected chi connectivity index (χ4v) is 1.46. The maximum absolute atomic E-state index is 10.5. The lowest BCUT2D eigenvalue weighted by Crippen LogP contribution is -2.28. The molecular weight excluding hydrogens is 224 g/mol. The molecule has 0 bridgehead atoms. The van der Waals surface area contributed by atoms with E-state index in [1.54, 1.807) is 4.90 Å². The van der Waals surface area contributed by atoms with Crippen LogP contribution >= 0.6 is 12.6 Å². The number of rotatable bonds is 5. The Labute approximate surface area is 99.8 Å². The van der Waals surface area contributed by atoms with Crippen LogP contribution in [0.15, 0.2) is 30.3 Å². The van der Waals surface area contributed by atoms with Crippen LogP contribution in [0.2, 0.25) is 0 Å². The Kier molecular flexibility index (Phi) is 4.85. The van der Waals surface area contributed by atoms with Crippen molar-refractivity contribution < 1.29 is 9.90 Å². The highest BCUT2D eigenvalue weighted by Crippen LogP contribution is 2.06. The number of benzene rings is 1. The molecular formula is C11H14N2O2S. The van der Waals surface area contributed by atoms with Crippen LogP contribution in [0.1, 0.15) is 12.0 Å². The first kappa shape index (κ1) is 12.6. The second-order valence-electron chi connectivity index (χ2n) is 3.37. The van der Waals surface area contributed by atoms with Crippen LogP contribution in [0.25, 0.3) is 0 Å². The summed E-state index contributed by atoms with van der Waals surface area (Å²) in [4.78, 5) is 12.1. The number of aliphatic carboxylic acids is 1. The van der Waals surface area contributed by atoms with Gasteiger partial charge in [0.2, 0.25) is 0 Å². The molecule has 1 aromatic rings. The van der Waals surface area contributed by atoms with E-state index in [0.29, 0.717) is 13.1 Å². The molecule has 0 saturated heterocycles. The summed E-state index contributed by atoms with van der Waals surface area (Å²) in [5.41, 5.74) is 1.03. The van der Waals surface area contributed by atoms with Gasteiger partial charge >= 0.3 is 5.97 Å². The summed E-state index contributed by atoms with van der Waals surface area (Å²) in [6.45, 7) is 0.809. The molecule has 0 atom stereocenters. The van der Waals surface area contributed by atoms with E-state index in [4.69, 9.17) is 10.5 Å². The Morgan fingerprint density at radius 1 is 1.38 bits per heavy atom. The van der Waals surface area contributed by atoms with E-state index >= 15 is 0 Å². The number of amidine groups is 1. The molecule has 86 valence electrons. The highest BCUT2D eigenvalue weighted by molar-refractivity contribution is 7.96. The standard InChI is InChI=1S/C11H14N2O2S/c12-11(16)13(7-6-10(14)15)8-9-4-2-1-3-5-9/h1-5H,6-8H2,(H2,12,16)(H,14,15). The predicted octanol–water partition coefficient (Wildman–Crippen LogP) is 1.83. The van der Waals surface area contributed by atoms with Crippen molar-refractivity contribution >= 4 is 23.8 Å². The van der Waals surface area contributed by atoms with Crippen molar-refractivity contribution in [3.8, 4) is 0 Å². The molecule has 0 unspecified atom stereocenters. The number of nitrogens with zero attached hydrogens (tertiary/aromatic N) is 1. The van der Waals surface area contributed by atoms with Crippen molar-refractivity contribution in [2.24, 2.45) is 0 Å². The van der Waals surface area contributed by atoms with E-state index in [-0.39, 0.29) is 11.6 Å². The van der Waals surface area contributed by atoms with Crippen molar-refractivity contribution in [3.05, 3.63) is 35.9 Å². The largest absolute Gasteiger partial charge is 0.481 e. The molecule has 16 heavy (non-hydrogen) atoms. The maximum Gasteiger partial charge on any atom is 0.305 e. The lowest BCUT2D eigenvalue weighted by molar-refractivity contribution is -0.137. The SMILES string of the molecule is N=C(S)N(CCC(=O)O)Cc1ccccc1. The number of hydrogen-bond acceptors (Lipinski definition) is 2. The zero-order valence-corrected chi connectivity index (χ0v) is 9.65. The number of carbonyl (C=O) groups is 1. The van der Waals surface area contributed by atoms with Gasteiger partial charge < -0.3 is 10.0 Å². The molecule has 0 fully saturated rings. The summed E-state index contributed by atoms with van der Waals surface area (Å²) >= 11 is 3.94. The molecule has 4 nitrogen and oxygen atoms in total. The minimum absolute atomic E-state index is 0.00970. The van der Waals surface area contributed by atoms with Gasteiger partial charge in [-0.1, -0.05) is 30.3 Å². The summed E-state index contributed by atoms with van der Waals surface area (Å²) in [5.74, 6) is -0.868. The summed E-state index contributed by atoms with van der Waals surface area (Å²) in [6, 6.07) is 9.60. The highest BCUT2D eigenvalue weighted by atomic mass is 32.1. The van der Waals surface area contributed by atoms with Crippen LogP contribution in [-0.4, -0.2) is 27.7 Å². The van der Waals surface area contributed by atoms with E-state index in [0.717, 1.165) is 5.56 Å². The monoisotopic (exact) mass is 238 g/mol. The summed E-state index contributed by atoms with van der Waals surface area (Å²) in [5, 5.41) is 16.1. The molecule has 0 aliphatic rings. The number of carboxylic acid groups (broad SMARTS) is 1. The average molecular weight is 238 g/mol. The first-order valence-corrected chi connectivity index (χ1v) is 5.32. The molecule has 0 saturated carbocycles. The number of carboxylic acids is 1. The third-order valence-corrected chi connectivity index (χ3v) is 2.39. The van der Waals surface area contributed by atoms with Gasteiger partial charge in [0.1, 0.15) is 0 Å². The third-order valence-electron chi connectivity index (χ3n) is 2.11. The first-order valence-electron chi connectivity index (χ1n) is 4.88. The molecule has 1 rings (SSSR count). The highest BCUT2D eigenvalue weighted by Gasteiger charge is 2.09. The number of nitrogens with one attached hydrogen (secondary N) is 1. The van der Waals surface area contributed by atoms with Crippen LogP contribution in [0.5, 0.6) is 0 Å². The predicted molar refractivity (Wildman–Crippen MR) is 65.8 cm³/mol. The molecule has 0 radical (unpaired) electrons. The number of hydrogen-bond donors (Lipinski definition) is 3. The van der Waals surface area contributed by atoms with Gasteiger partial charge in [0, 0.05) is 13.1 Å². The fourth-order valence-electron chi connectivity index (χ4n) is 1.29. The third kappa shape index (κ3) is 4.35. The van der Waals surface area contributed by atoms with Gasteiger partial charge in [-0.3, -0.25) is 10.2 Å². The van der Waals surface area contributed by atoms with E-state index in [2.05, 4.69) is 12.6 Å². The smallest absolute Gasteiger partial charge is 0.305 e. The Bertz CT molecular complexity index is 368. The van der Waals surface area contributed by atoms with Crippen molar-refractivity contribution in [3.63, 3.8) is 0 Å². The minimum Gasteiger partial charge on any atom is -0.481 e. The topological polar surface area (TPSA) is 64.4 Å². The van der Waals surface area contributed by atoms with Crippen LogP contribution < -0.4 is 0 Å². The van der Waals surface area contributed by atoms with Crippen molar-refractivity contribution in [2.75, 3.05) is 6.54 Å². The molecule has 0 aromatic heterocycles. The van der Waals surface area contributed by atoms with Crippen LogP contribution in [0.3, 0.4) is 0 Å². The average Bonchev–Trinajstić information content (AvgIpc) is 2.25. The molecule has 0 aliphatic heterocycles. The van der Waals surface area contributed by atoms with Gasteiger partial charge in [-0.05, 0) is 5.56 Å².